The van der Waals surface area contributed by atoms with Gasteiger partial charge in [0.2, 0.25) is 5.91 Å². The van der Waals surface area contributed by atoms with E-state index in [1.165, 1.54) is 42.0 Å². The molecule has 3 aromatic rings. The molecule has 4 heteroatoms. The van der Waals surface area contributed by atoms with Crippen LogP contribution in [0.4, 0.5) is 0 Å². The van der Waals surface area contributed by atoms with Crippen LogP contribution in [0.5, 0.6) is 0 Å². The number of hydrogen-bond acceptors (Lipinski definition) is 3. The summed E-state index contributed by atoms with van der Waals surface area (Å²) in [5.41, 5.74) is 3.28. The predicted octanol–water partition coefficient (Wildman–Crippen LogP) is 5.20. The molecule has 0 bridgehead atoms. The summed E-state index contributed by atoms with van der Waals surface area (Å²) in [5, 5.41) is 2.42. The zero-order chi connectivity index (χ0) is 19.6. The molecule has 0 aliphatic carbocycles. The number of piperidine rings is 1. The highest BCUT2D eigenvalue weighted by Crippen LogP contribution is 2.32. The minimum atomic E-state index is 0.376. The van der Waals surface area contributed by atoms with Gasteiger partial charge in [-0.25, -0.2) is 0 Å². The fourth-order valence-corrected chi connectivity index (χ4v) is 5.06. The first-order valence-corrected chi connectivity index (χ1v) is 11.2. The Labute approximate surface area is 172 Å². The Morgan fingerprint density at radius 2 is 1.69 bits per heavy atom. The van der Waals surface area contributed by atoms with Gasteiger partial charge in [0.15, 0.2) is 0 Å². The van der Waals surface area contributed by atoms with Crippen LogP contribution in [-0.4, -0.2) is 41.9 Å². The summed E-state index contributed by atoms with van der Waals surface area (Å²) in [6, 6.07) is 14.8. The number of fused-ring (bicyclic) bond motifs is 3. The molecule has 0 N–H and O–H groups in total. The molecular weight excluding hydrogens is 360 g/mol. The van der Waals surface area contributed by atoms with Gasteiger partial charge < -0.3 is 9.32 Å². The van der Waals surface area contributed by atoms with Gasteiger partial charge in [0.1, 0.15) is 11.2 Å². The van der Waals surface area contributed by atoms with E-state index < -0.39 is 0 Å². The fraction of sp³-hybridized carbons (Fsp3) is 0.480. The number of para-hydroxylation sites is 2. The highest BCUT2D eigenvalue weighted by atomic mass is 16.3. The average Bonchev–Trinajstić information content (AvgIpc) is 3.42. The first kappa shape index (κ1) is 18.7. The van der Waals surface area contributed by atoms with Crippen molar-refractivity contribution in [2.75, 3.05) is 26.2 Å². The second-order valence-electron chi connectivity index (χ2n) is 8.74. The summed E-state index contributed by atoms with van der Waals surface area (Å²) >= 11 is 0. The third-order valence-corrected chi connectivity index (χ3v) is 6.81. The first-order valence-electron chi connectivity index (χ1n) is 11.2. The molecule has 1 amide bonds. The molecule has 4 nitrogen and oxygen atoms in total. The van der Waals surface area contributed by atoms with Crippen molar-refractivity contribution in [1.82, 2.24) is 9.80 Å². The molecule has 2 aliphatic rings. The Balaban J connectivity index is 1.18. The van der Waals surface area contributed by atoms with Crippen LogP contribution in [0.2, 0.25) is 0 Å². The Morgan fingerprint density at radius 1 is 0.931 bits per heavy atom. The molecule has 0 spiro atoms. The summed E-state index contributed by atoms with van der Waals surface area (Å²) in [4.78, 5) is 16.9. The van der Waals surface area contributed by atoms with Crippen molar-refractivity contribution >= 4 is 27.8 Å². The minimum Gasteiger partial charge on any atom is -0.456 e. The second kappa shape index (κ2) is 8.19. The lowest BCUT2D eigenvalue weighted by molar-refractivity contribution is -0.130. The largest absolute Gasteiger partial charge is 0.456 e. The van der Waals surface area contributed by atoms with Crippen LogP contribution in [0.25, 0.3) is 21.9 Å². The molecule has 0 radical (unpaired) electrons. The van der Waals surface area contributed by atoms with Gasteiger partial charge in [0.05, 0.1) is 0 Å². The first-order chi connectivity index (χ1) is 14.3. The Morgan fingerprint density at radius 3 is 2.52 bits per heavy atom. The Hall–Kier alpha value is -2.33. The number of carbonyl (C=O) groups is 1. The van der Waals surface area contributed by atoms with E-state index in [1.54, 1.807) is 0 Å². The van der Waals surface area contributed by atoms with Crippen molar-refractivity contribution in [3.05, 3.63) is 48.0 Å². The zero-order valence-electron chi connectivity index (χ0n) is 17.1. The van der Waals surface area contributed by atoms with E-state index >= 15 is 0 Å². The molecule has 3 heterocycles. The van der Waals surface area contributed by atoms with Gasteiger partial charge in [-0.3, -0.25) is 9.69 Å². The molecule has 0 saturated carbocycles. The number of likely N-dealkylation sites (tertiary alicyclic amines) is 2. The van der Waals surface area contributed by atoms with E-state index in [0.717, 1.165) is 56.7 Å². The Kier molecular flexibility index (Phi) is 5.28. The quantitative estimate of drug-likeness (QED) is 0.601. The second-order valence-corrected chi connectivity index (χ2v) is 8.74. The van der Waals surface area contributed by atoms with Gasteiger partial charge in [0, 0.05) is 42.4 Å². The molecule has 29 heavy (non-hydrogen) atoms. The highest BCUT2D eigenvalue weighted by Gasteiger charge is 2.23. The van der Waals surface area contributed by atoms with Crippen molar-refractivity contribution in [3.8, 4) is 0 Å². The predicted molar refractivity (Wildman–Crippen MR) is 117 cm³/mol. The van der Waals surface area contributed by atoms with Crippen molar-refractivity contribution in [2.45, 2.75) is 45.1 Å². The van der Waals surface area contributed by atoms with Crippen LogP contribution in [0.15, 0.2) is 46.9 Å². The van der Waals surface area contributed by atoms with E-state index in [4.69, 9.17) is 4.42 Å². The number of amides is 1. The van der Waals surface area contributed by atoms with Crippen LogP contribution in [0.3, 0.4) is 0 Å². The maximum Gasteiger partial charge on any atom is 0.222 e. The highest BCUT2D eigenvalue weighted by molar-refractivity contribution is 6.05. The number of benzene rings is 2. The summed E-state index contributed by atoms with van der Waals surface area (Å²) in [6.45, 7) is 5.12. The van der Waals surface area contributed by atoms with Crippen LogP contribution < -0.4 is 0 Å². The van der Waals surface area contributed by atoms with Crippen molar-refractivity contribution in [2.24, 2.45) is 5.92 Å². The minimum absolute atomic E-state index is 0.376. The average molecular weight is 391 g/mol. The van der Waals surface area contributed by atoms with E-state index in [0.29, 0.717) is 11.8 Å². The van der Waals surface area contributed by atoms with E-state index in [9.17, 15) is 4.79 Å². The van der Waals surface area contributed by atoms with Crippen LogP contribution in [-0.2, 0) is 11.3 Å². The maximum atomic E-state index is 12.3. The monoisotopic (exact) mass is 390 g/mol. The summed E-state index contributed by atoms with van der Waals surface area (Å²) in [6.07, 6.45) is 6.56. The SMILES string of the molecule is O=C(CCC1CCN(Cc2cccc3c2oc2ccccc23)CC1)N1CCCC1. The molecule has 0 unspecified atom stereocenters. The molecule has 5 rings (SSSR count). The number of rotatable bonds is 5. The Bertz CT molecular complexity index is 994. The lowest BCUT2D eigenvalue weighted by Gasteiger charge is -2.32. The maximum absolute atomic E-state index is 12.3. The molecular formula is C25H30N2O2. The van der Waals surface area contributed by atoms with E-state index in [2.05, 4.69) is 40.1 Å². The molecule has 1 aromatic heterocycles. The third-order valence-electron chi connectivity index (χ3n) is 6.81. The topological polar surface area (TPSA) is 36.7 Å². The van der Waals surface area contributed by atoms with E-state index in [1.807, 2.05) is 12.1 Å². The number of nitrogens with zero attached hydrogens (tertiary/aromatic N) is 2. The molecule has 152 valence electrons. The van der Waals surface area contributed by atoms with Gasteiger partial charge in [-0.2, -0.15) is 0 Å². The summed E-state index contributed by atoms with van der Waals surface area (Å²) < 4.78 is 6.19. The van der Waals surface area contributed by atoms with Crippen molar-refractivity contribution in [1.29, 1.82) is 0 Å². The standard InChI is InChI=1S/C25H30N2O2/c28-24(27-14-3-4-15-27)11-10-19-12-16-26(17-13-19)18-20-6-5-8-22-21-7-1-2-9-23(21)29-25(20)22/h1-2,5-9,19H,3-4,10-18H2. The fourth-order valence-electron chi connectivity index (χ4n) is 5.06. The number of carbonyl (C=O) groups excluding carboxylic acids is 1. The smallest absolute Gasteiger partial charge is 0.222 e. The lowest BCUT2D eigenvalue weighted by atomic mass is 9.91. The van der Waals surface area contributed by atoms with Crippen LogP contribution in [0, 0.1) is 5.92 Å². The number of furan rings is 1. The zero-order valence-corrected chi connectivity index (χ0v) is 17.1. The van der Waals surface area contributed by atoms with Crippen LogP contribution in [0.1, 0.15) is 44.1 Å². The molecule has 2 aromatic carbocycles. The third kappa shape index (κ3) is 3.91. The van der Waals surface area contributed by atoms with Gasteiger partial charge in [-0.1, -0.05) is 36.4 Å². The summed E-state index contributed by atoms with van der Waals surface area (Å²) in [7, 11) is 0. The normalized spacial score (nSPS) is 18.8. The number of hydrogen-bond donors (Lipinski definition) is 0. The molecule has 2 aliphatic heterocycles. The van der Waals surface area contributed by atoms with Crippen molar-refractivity contribution in [3.63, 3.8) is 0 Å². The molecule has 0 atom stereocenters. The van der Waals surface area contributed by atoms with Gasteiger partial charge >= 0.3 is 0 Å². The summed E-state index contributed by atoms with van der Waals surface area (Å²) in [5.74, 6) is 1.07. The van der Waals surface area contributed by atoms with Crippen LogP contribution >= 0.6 is 0 Å². The lowest BCUT2D eigenvalue weighted by Crippen LogP contribution is -2.34. The molecule has 2 saturated heterocycles. The van der Waals surface area contributed by atoms with Gasteiger partial charge in [-0.15, -0.1) is 0 Å². The van der Waals surface area contributed by atoms with Gasteiger partial charge in [-0.05, 0) is 57.2 Å². The molecule has 2 fully saturated rings. The van der Waals surface area contributed by atoms with E-state index in [-0.39, 0.29) is 0 Å². The van der Waals surface area contributed by atoms with Crippen molar-refractivity contribution < 1.29 is 9.21 Å². The van der Waals surface area contributed by atoms with Gasteiger partial charge in [0.25, 0.3) is 0 Å².